The monoisotopic (exact) mass is 219 g/mol. The summed E-state index contributed by atoms with van der Waals surface area (Å²) in [5, 5.41) is 13.0. The predicted molar refractivity (Wildman–Crippen MR) is 64.4 cm³/mol. The molecule has 0 fully saturated rings. The van der Waals surface area contributed by atoms with E-state index in [2.05, 4.69) is 11.2 Å². The molecule has 0 atom stereocenters. The fraction of sp³-hybridized carbons (Fsp3) is 0.385. The summed E-state index contributed by atoms with van der Waals surface area (Å²) in [5.74, 6) is 3.26. The van der Waals surface area contributed by atoms with Crippen LogP contribution in [0.3, 0.4) is 0 Å². The Morgan fingerprint density at radius 1 is 1.50 bits per heavy atom. The van der Waals surface area contributed by atoms with Crippen molar-refractivity contribution >= 4 is 0 Å². The Labute approximate surface area is 96.4 Å². The highest BCUT2D eigenvalue weighted by atomic mass is 16.5. The second-order valence-electron chi connectivity index (χ2n) is 4.09. The zero-order valence-electron chi connectivity index (χ0n) is 9.87. The fourth-order valence-corrected chi connectivity index (χ4v) is 1.24. The maximum Gasteiger partial charge on any atom is 0.162 e. The number of para-hydroxylation sites is 1. The molecule has 0 aliphatic carbocycles. The zero-order chi connectivity index (χ0) is 12.2. The molecule has 2 N–H and O–H groups in total. The van der Waals surface area contributed by atoms with Crippen LogP contribution in [0.25, 0.3) is 0 Å². The highest BCUT2D eigenvalue weighted by Gasteiger charge is 2.14. The highest BCUT2D eigenvalue weighted by molar-refractivity contribution is 5.45. The Bertz CT molecular complexity index is 405. The molecule has 0 aliphatic heterocycles. The molecule has 0 saturated heterocycles. The van der Waals surface area contributed by atoms with E-state index in [1.54, 1.807) is 6.07 Å². The number of phenolic OH excluding ortho intramolecular Hbond substituents is 1. The van der Waals surface area contributed by atoms with Gasteiger partial charge in [0.25, 0.3) is 0 Å². The molecule has 0 saturated carbocycles. The van der Waals surface area contributed by atoms with E-state index in [-0.39, 0.29) is 5.75 Å². The number of hydrogen-bond acceptors (Lipinski definition) is 3. The van der Waals surface area contributed by atoms with Crippen molar-refractivity contribution in [1.82, 2.24) is 5.32 Å². The second kappa shape index (κ2) is 4.91. The molecule has 0 radical (unpaired) electrons. The molecule has 86 valence electrons. The number of benzene rings is 1. The van der Waals surface area contributed by atoms with Gasteiger partial charge in [0.05, 0.1) is 12.6 Å². The van der Waals surface area contributed by atoms with Gasteiger partial charge >= 0.3 is 0 Å². The van der Waals surface area contributed by atoms with Gasteiger partial charge in [-0.1, -0.05) is 18.1 Å². The summed E-state index contributed by atoms with van der Waals surface area (Å²) in [4.78, 5) is 0. The number of rotatable bonds is 4. The van der Waals surface area contributed by atoms with Gasteiger partial charge in [0.2, 0.25) is 0 Å². The number of aromatic hydroxyl groups is 1. The van der Waals surface area contributed by atoms with E-state index in [1.165, 1.54) is 7.11 Å². The predicted octanol–water partition coefficient (Wildman–Crippen LogP) is 1.90. The number of hydrogen-bond donors (Lipinski definition) is 2. The van der Waals surface area contributed by atoms with E-state index < -0.39 is 5.54 Å². The van der Waals surface area contributed by atoms with Crippen LogP contribution in [0.5, 0.6) is 11.5 Å². The van der Waals surface area contributed by atoms with Gasteiger partial charge in [-0.15, -0.1) is 6.42 Å². The number of nitrogens with one attached hydrogen (secondary N) is 1. The van der Waals surface area contributed by atoms with E-state index in [0.29, 0.717) is 12.3 Å². The van der Waals surface area contributed by atoms with E-state index in [1.807, 2.05) is 26.0 Å². The molecule has 0 bridgehead atoms. The molecule has 0 spiro atoms. The number of phenols is 1. The number of methoxy groups -OCH3 is 1. The van der Waals surface area contributed by atoms with Crippen molar-refractivity contribution < 1.29 is 9.84 Å². The maximum atomic E-state index is 9.84. The van der Waals surface area contributed by atoms with Crippen LogP contribution in [0.2, 0.25) is 0 Å². The first kappa shape index (κ1) is 12.4. The van der Waals surface area contributed by atoms with Gasteiger partial charge in [-0.25, -0.2) is 0 Å². The quantitative estimate of drug-likeness (QED) is 0.760. The first-order valence-electron chi connectivity index (χ1n) is 5.08. The topological polar surface area (TPSA) is 41.5 Å². The summed E-state index contributed by atoms with van der Waals surface area (Å²) in [6.45, 7) is 4.31. The van der Waals surface area contributed by atoms with Crippen molar-refractivity contribution in [2.24, 2.45) is 0 Å². The average molecular weight is 219 g/mol. The fourth-order valence-electron chi connectivity index (χ4n) is 1.24. The first-order valence-corrected chi connectivity index (χ1v) is 5.08. The highest BCUT2D eigenvalue weighted by Crippen LogP contribution is 2.29. The summed E-state index contributed by atoms with van der Waals surface area (Å²) in [7, 11) is 1.53. The zero-order valence-corrected chi connectivity index (χ0v) is 9.87. The van der Waals surface area contributed by atoms with Crippen LogP contribution in [0.1, 0.15) is 19.4 Å². The summed E-state index contributed by atoms with van der Waals surface area (Å²) in [6, 6.07) is 5.38. The smallest absolute Gasteiger partial charge is 0.162 e. The molecule has 0 aliphatic rings. The van der Waals surface area contributed by atoms with Crippen molar-refractivity contribution in [3.63, 3.8) is 0 Å². The third-order valence-electron chi connectivity index (χ3n) is 2.38. The Kier molecular flexibility index (Phi) is 3.81. The van der Waals surface area contributed by atoms with Crippen molar-refractivity contribution in [2.75, 3.05) is 7.11 Å². The Morgan fingerprint density at radius 2 is 2.19 bits per heavy atom. The third kappa shape index (κ3) is 2.91. The molecule has 0 amide bonds. The average Bonchev–Trinajstić information content (AvgIpc) is 2.28. The summed E-state index contributed by atoms with van der Waals surface area (Å²) >= 11 is 0. The molecular formula is C13H17NO2. The maximum absolute atomic E-state index is 9.84. The second-order valence-corrected chi connectivity index (χ2v) is 4.09. The van der Waals surface area contributed by atoms with E-state index in [9.17, 15) is 5.11 Å². The number of terminal acetylenes is 1. The molecular weight excluding hydrogens is 202 g/mol. The molecule has 0 heterocycles. The third-order valence-corrected chi connectivity index (χ3v) is 2.38. The van der Waals surface area contributed by atoms with Crippen LogP contribution in [0.15, 0.2) is 18.2 Å². The van der Waals surface area contributed by atoms with Gasteiger partial charge in [-0.3, -0.25) is 5.32 Å². The molecule has 1 aromatic carbocycles. The van der Waals surface area contributed by atoms with Crippen molar-refractivity contribution in [3.05, 3.63) is 23.8 Å². The van der Waals surface area contributed by atoms with Crippen LogP contribution >= 0.6 is 0 Å². The van der Waals surface area contributed by atoms with Gasteiger partial charge in [0.15, 0.2) is 11.5 Å². The van der Waals surface area contributed by atoms with Gasteiger partial charge in [0.1, 0.15) is 0 Å². The normalized spacial score (nSPS) is 10.9. The summed E-state index contributed by atoms with van der Waals surface area (Å²) in [6.07, 6.45) is 5.36. The lowest BCUT2D eigenvalue weighted by Crippen LogP contribution is -2.36. The lowest BCUT2D eigenvalue weighted by molar-refractivity contribution is 0.368. The molecule has 0 unspecified atom stereocenters. The van der Waals surface area contributed by atoms with Crippen molar-refractivity contribution in [3.8, 4) is 23.8 Å². The molecule has 16 heavy (non-hydrogen) atoms. The van der Waals surface area contributed by atoms with E-state index in [4.69, 9.17) is 11.2 Å². The SMILES string of the molecule is C#CC(C)(C)NCc1cccc(OC)c1O. The standard InChI is InChI=1S/C13H17NO2/c1-5-13(2,3)14-9-10-7-6-8-11(16-4)12(10)15/h1,6-8,14-15H,9H2,2-4H3. The summed E-state index contributed by atoms with van der Waals surface area (Å²) < 4.78 is 5.03. The molecule has 1 aromatic rings. The molecule has 0 aromatic heterocycles. The van der Waals surface area contributed by atoms with Gasteiger partial charge in [-0.05, 0) is 19.9 Å². The minimum Gasteiger partial charge on any atom is -0.504 e. The van der Waals surface area contributed by atoms with E-state index in [0.717, 1.165) is 5.56 Å². The first-order chi connectivity index (χ1) is 7.50. The van der Waals surface area contributed by atoms with Crippen LogP contribution in [-0.2, 0) is 6.54 Å². The minimum atomic E-state index is -0.393. The summed E-state index contributed by atoms with van der Waals surface area (Å²) in [5.41, 5.74) is 0.373. The minimum absolute atomic E-state index is 0.158. The largest absolute Gasteiger partial charge is 0.504 e. The van der Waals surface area contributed by atoms with Gasteiger partial charge < -0.3 is 9.84 Å². The molecule has 3 nitrogen and oxygen atoms in total. The lowest BCUT2D eigenvalue weighted by atomic mass is 10.1. The lowest BCUT2D eigenvalue weighted by Gasteiger charge is -2.20. The molecule has 3 heteroatoms. The van der Waals surface area contributed by atoms with Crippen molar-refractivity contribution in [1.29, 1.82) is 0 Å². The van der Waals surface area contributed by atoms with E-state index >= 15 is 0 Å². The van der Waals surface area contributed by atoms with Crippen LogP contribution in [0, 0.1) is 12.3 Å². The van der Waals surface area contributed by atoms with Gasteiger partial charge in [-0.2, -0.15) is 0 Å². The Hall–Kier alpha value is -1.66. The van der Waals surface area contributed by atoms with Crippen LogP contribution in [0.4, 0.5) is 0 Å². The number of ether oxygens (including phenoxy) is 1. The Balaban J connectivity index is 2.80. The molecule has 1 rings (SSSR count). The van der Waals surface area contributed by atoms with Crippen LogP contribution < -0.4 is 10.1 Å². The van der Waals surface area contributed by atoms with Gasteiger partial charge in [0, 0.05) is 12.1 Å². The van der Waals surface area contributed by atoms with Crippen molar-refractivity contribution in [2.45, 2.75) is 25.9 Å². The Morgan fingerprint density at radius 3 is 2.75 bits per heavy atom. The van der Waals surface area contributed by atoms with Crippen LogP contribution in [-0.4, -0.2) is 17.8 Å².